The Bertz CT molecular complexity index is 1830. The summed E-state index contributed by atoms with van der Waals surface area (Å²) < 4.78 is 73.5. The van der Waals surface area contributed by atoms with Gasteiger partial charge < -0.3 is 19.6 Å². The molecule has 5 rings (SSSR count). The van der Waals surface area contributed by atoms with Gasteiger partial charge >= 0.3 is 25.3 Å². The molecule has 0 saturated heterocycles. The summed E-state index contributed by atoms with van der Waals surface area (Å²) in [6.07, 6.45) is -4.14. The van der Waals surface area contributed by atoms with Gasteiger partial charge in [0.05, 0.1) is 11.1 Å². The molecule has 0 aliphatic carbocycles. The minimum Gasteiger partial charge on any atom is -0.474 e. The molecule has 228 valence electrons. The van der Waals surface area contributed by atoms with Crippen molar-refractivity contribution in [2.45, 2.75) is 30.2 Å². The quantitative estimate of drug-likeness (QED) is 0.121. The second-order valence-electron chi connectivity index (χ2n) is 10.1. The molecule has 0 fully saturated rings. The van der Waals surface area contributed by atoms with E-state index in [-0.39, 0.29) is 18.6 Å². The van der Waals surface area contributed by atoms with E-state index in [0.29, 0.717) is 22.2 Å². The number of alkyl halides is 4. The Labute approximate surface area is 247 Å². The lowest BCUT2D eigenvalue weighted by atomic mass is 9.78. The highest BCUT2D eigenvalue weighted by Gasteiger charge is 2.50. The molecule has 1 aromatic heterocycles. The van der Waals surface area contributed by atoms with Gasteiger partial charge in [-0.25, -0.2) is 9.48 Å². The number of aromatic nitrogens is 3. The van der Waals surface area contributed by atoms with Crippen LogP contribution in [0.3, 0.4) is 0 Å². The Kier molecular flexibility index (Phi) is 8.06. The first kappa shape index (κ1) is 30.9. The monoisotopic (exact) mass is 629 g/mol. The van der Waals surface area contributed by atoms with Crippen molar-refractivity contribution in [3.63, 3.8) is 0 Å². The van der Waals surface area contributed by atoms with Gasteiger partial charge in [0.2, 0.25) is 0 Å². The van der Waals surface area contributed by atoms with Crippen LogP contribution in [0.1, 0.15) is 22.3 Å². The van der Waals surface area contributed by atoms with Crippen LogP contribution >= 0.6 is 7.60 Å². The number of hydrogen-bond acceptors (Lipinski definition) is 5. The van der Waals surface area contributed by atoms with Crippen LogP contribution in [0, 0.1) is 0 Å². The number of aliphatic carboxylic acids is 1. The van der Waals surface area contributed by atoms with Crippen molar-refractivity contribution >= 4 is 24.6 Å². The van der Waals surface area contributed by atoms with E-state index in [1.807, 2.05) is 18.2 Å². The lowest BCUT2D eigenvalue weighted by Crippen LogP contribution is -2.40. The maximum atomic E-state index is 14.4. The first-order chi connectivity index (χ1) is 20.7. The number of rotatable bonds is 11. The number of carboxylic acids is 1. The van der Waals surface area contributed by atoms with Crippen LogP contribution < -0.4 is 4.74 Å². The average molecular weight is 630 g/mol. The van der Waals surface area contributed by atoms with E-state index in [4.69, 9.17) is 14.9 Å². The summed E-state index contributed by atoms with van der Waals surface area (Å²) in [5.41, 5.74) is -3.27. The highest BCUT2D eigenvalue weighted by atomic mass is 31.2. The molecule has 44 heavy (non-hydrogen) atoms. The number of benzene rings is 4. The summed E-state index contributed by atoms with van der Waals surface area (Å²) >= 11 is 0. The Balaban J connectivity index is 1.63. The fourth-order valence-electron chi connectivity index (χ4n) is 5.01. The van der Waals surface area contributed by atoms with Crippen molar-refractivity contribution in [2.24, 2.45) is 0 Å². The summed E-state index contributed by atoms with van der Waals surface area (Å²) in [6.45, 7) is 0. The second kappa shape index (κ2) is 11.5. The van der Waals surface area contributed by atoms with Crippen LogP contribution in [0.2, 0.25) is 0 Å². The third kappa shape index (κ3) is 5.94. The van der Waals surface area contributed by atoms with Gasteiger partial charge in [-0.05, 0) is 41.0 Å². The molecule has 4 aromatic carbocycles. The van der Waals surface area contributed by atoms with Crippen molar-refractivity contribution in [2.75, 3.05) is 0 Å². The van der Waals surface area contributed by atoms with Crippen molar-refractivity contribution in [3.8, 4) is 5.75 Å². The normalized spacial score (nSPS) is 13.9. The Morgan fingerprint density at radius 3 is 1.89 bits per heavy atom. The average Bonchev–Trinajstić information content (AvgIpc) is 3.42. The maximum absolute atomic E-state index is 14.4. The fourth-order valence-corrected chi connectivity index (χ4v) is 5.49. The minimum atomic E-state index is -5.78. The number of carbonyl (C=O) groups is 1. The SMILES string of the molecule is O=C(O)C(F)(F)Oc1ccc(CC(Cc2ccc(C(F)(F)P(=O)(O)O)cc2)(c2ccccc2)n2nnc3ccccc32)cc1. The van der Waals surface area contributed by atoms with Crippen LogP contribution in [0.25, 0.3) is 11.0 Å². The second-order valence-corrected chi connectivity index (χ2v) is 11.7. The summed E-state index contributed by atoms with van der Waals surface area (Å²) in [6, 6.07) is 26.3. The molecule has 0 amide bonds. The van der Waals surface area contributed by atoms with Crippen LogP contribution in [0.15, 0.2) is 103 Å². The number of carboxylic acid groups (broad SMARTS) is 1. The van der Waals surface area contributed by atoms with Crippen LogP contribution in [0.4, 0.5) is 17.6 Å². The van der Waals surface area contributed by atoms with Crippen LogP contribution in [0.5, 0.6) is 5.75 Å². The Hall–Kier alpha value is -4.58. The number of hydrogen-bond donors (Lipinski definition) is 3. The zero-order valence-corrected chi connectivity index (χ0v) is 23.5. The molecule has 1 unspecified atom stereocenters. The van der Waals surface area contributed by atoms with E-state index in [9.17, 15) is 26.9 Å². The summed E-state index contributed by atoms with van der Waals surface area (Å²) in [4.78, 5) is 29.1. The molecule has 1 heterocycles. The predicted octanol–water partition coefficient (Wildman–Crippen LogP) is 5.94. The summed E-state index contributed by atoms with van der Waals surface area (Å²) in [5.74, 6) is -2.81. The predicted molar refractivity (Wildman–Crippen MR) is 150 cm³/mol. The van der Waals surface area contributed by atoms with E-state index in [1.54, 1.807) is 41.1 Å². The summed E-state index contributed by atoms with van der Waals surface area (Å²) in [5, 5.41) is 17.5. The Morgan fingerprint density at radius 2 is 1.32 bits per heavy atom. The van der Waals surface area contributed by atoms with Crippen molar-refractivity contribution in [1.29, 1.82) is 0 Å². The third-order valence-corrected chi connectivity index (χ3v) is 8.14. The van der Waals surface area contributed by atoms with Gasteiger partial charge in [-0.2, -0.15) is 17.6 Å². The largest absolute Gasteiger partial charge is 0.501 e. The van der Waals surface area contributed by atoms with Crippen molar-refractivity contribution < 1.29 is 46.6 Å². The minimum absolute atomic E-state index is 0.126. The van der Waals surface area contributed by atoms with Gasteiger partial charge in [0, 0.05) is 18.4 Å². The number of fused-ring (bicyclic) bond motifs is 1. The Morgan fingerprint density at radius 1 is 0.773 bits per heavy atom. The molecule has 3 N–H and O–H groups in total. The van der Waals surface area contributed by atoms with E-state index in [0.717, 1.165) is 17.7 Å². The van der Waals surface area contributed by atoms with Crippen LogP contribution in [-0.2, 0) is 33.4 Å². The zero-order chi connectivity index (χ0) is 31.8. The van der Waals surface area contributed by atoms with Gasteiger partial charge in [0.15, 0.2) is 0 Å². The molecular formula is C30H24F4N3O6P. The van der Waals surface area contributed by atoms with Crippen molar-refractivity contribution in [1.82, 2.24) is 15.0 Å². The maximum Gasteiger partial charge on any atom is 0.501 e. The summed E-state index contributed by atoms with van der Waals surface area (Å²) in [7, 11) is -5.78. The number of ether oxygens (including phenoxy) is 1. The third-order valence-electron chi connectivity index (χ3n) is 7.15. The molecule has 14 heteroatoms. The van der Waals surface area contributed by atoms with E-state index < -0.39 is 36.4 Å². The lowest BCUT2D eigenvalue weighted by Gasteiger charge is -2.36. The molecule has 0 aliphatic heterocycles. The lowest BCUT2D eigenvalue weighted by molar-refractivity contribution is -0.210. The molecular weight excluding hydrogens is 605 g/mol. The van der Waals surface area contributed by atoms with Crippen molar-refractivity contribution in [3.05, 3.63) is 125 Å². The first-order valence-corrected chi connectivity index (χ1v) is 14.6. The number of para-hydroxylation sites is 1. The smallest absolute Gasteiger partial charge is 0.474 e. The van der Waals surface area contributed by atoms with E-state index >= 15 is 0 Å². The van der Waals surface area contributed by atoms with E-state index in [2.05, 4.69) is 15.0 Å². The van der Waals surface area contributed by atoms with Gasteiger partial charge in [0.25, 0.3) is 0 Å². The highest BCUT2D eigenvalue weighted by molar-refractivity contribution is 7.52. The molecule has 0 aliphatic rings. The molecule has 9 nitrogen and oxygen atoms in total. The van der Waals surface area contributed by atoms with Gasteiger partial charge in [-0.15, -0.1) is 5.10 Å². The van der Waals surface area contributed by atoms with Gasteiger partial charge in [-0.1, -0.05) is 84.1 Å². The van der Waals surface area contributed by atoms with Crippen LogP contribution in [-0.4, -0.2) is 42.0 Å². The van der Waals surface area contributed by atoms with Gasteiger partial charge in [0.1, 0.15) is 11.3 Å². The standard InChI is InChI=1S/C30H24F4N3O6P/c31-29(32,27(38)39)43-24-16-12-21(13-17-24)19-28(22-6-2-1-3-7-22,37-26-9-5-4-8-25(26)35-36-37)18-20-10-14-23(15-11-20)30(33,34)44(40,41)42/h1-17H,18-19H2,(H,38,39)(H2,40,41,42). The highest BCUT2D eigenvalue weighted by Crippen LogP contribution is 2.59. The first-order valence-electron chi connectivity index (χ1n) is 13.0. The van der Waals surface area contributed by atoms with Gasteiger partial charge in [-0.3, -0.25) is 4.57 Å². The molecule has 0 spiro atoms. The fraction of sp³-hybridized carbons (Fsp3) is 0.167. The zero-order valence-electron chi connectivity index (χ0n) is 22.6. The number of halogens is 4. The molecule has 5 aromatic rings. The topological polar surface area (TPSA) is 135 Å². The molecule has 0 saturated carbocycles. The van der Waals surface area contributed by atoms with E-state index in [1.165, 1.54) is 36.4 Å². The molecule has 1 atom stereocenters. The molecule has 0 bridgehead atoms. The number of nitrogens with zero attached hydrogens (tertiary/aromatic N) is 3. The molecule has 0 radical (unpaired) electrons.